The van der Waals surface area contributed by atoms with Crippen LogP contribution >= 0.6 is 39.1 Å². The van der Waals surface area contributed by atoms with Crippen molar-refractivity contribution >= 4 is 69.1 Å². The molecule has 0 atom stereocenters. The molecule has 1 heterocycles. The number of cyclic esters (lactones) is 1. The molecule has 0 spiro atoms. The second kappa shape index (κ2) is 9.47. The largest absolute Gasteiger partial charge is 0.493 e. The Morgan fingerprint density at radius 3 is 2.70 bits per heavy atom. The highest BCUT2D eigenvalue weighted by molar-refractivity contribution is 9.10. The molecule has 0 saturated heterocycles. The molecular weight excluding hydrogens is 497 g/mol. The molecule has 0 bridgehead atoms. The first-order valence-corrected chi connectivity index (χ1v) is 10.0. The molecule has 1 aliphatic rings. The van der Waals surface area contributed by atoms with E-state index >= 15 is 0 Å². The van der Waals surface area contributed by atoms with Crippen molar-refractivity contribution in [2.24, 2.45) is 4.99 Å². The molecule has 9 heteroatoms. The number of carbonyl (C=O) groups is 2. The third kappa shape index (κ3) is 5.11. The smallest absolute Gasteiger partial charge is 0.363 e. The fourth-order valence-corrected chi connectivity index (χ4v) is 3.44. The summed E-state index contributed by atoms with van der Waals surface area (Å²) >= 11 is 15.5. The number of methoxy groups -OCH3 is 1. The van der Waals surface area contributed by atoms with Crippen LogP contribution in [0.1, 0.15) is 18.1 Å². The quantitative estimate of drug-likeness (QED) is 0.293. The van der Waals surface area contributed by atoms with E-state index in [0.29, 0.717) is 31.4 Å². The molecule has 0 amide bonds. The van der Waals surface area contributed by atoms with E-state index in [1.54, 1.807) is 36.4 Å². The monoisotopic (exact) mass is 509 g/mol. The molecule has 2 aromatic carbocycles. The minimum Gasteiger partial charge on any atom is -0.493 e. The molecule has 0 radical (unpaired) electrons. The van der Waals surface area contributed by atoms with Gasteiger partial charge in [0.25, 0.3) is 0 Å². The molecule has 1 aliphatic heterocycles. The van der Waals surface area contributed by atoms with Crippen LogP contribution in [0.15, 0.2) is 51.6 Å². The van der Waals surface area contributed by atoms with Crippen LogP contribution in [0.25, 0.3) is 12.2 Å². The van der Waals surface area contributed by atoms with Gasteiger partial charge < -0.3 is 14.2 Å². The zero-order valence-corrected chi connectivity index (χ0v) is 18.8. The Hall–Kier alpha value is -2.61. The summed E-state index contributed by atoms with van der Waals surface area (Å²) in [5.74, 6) is -0.416. The van der Waals surface area contributed by atoms with E-state index in [9.17, 15) is 9.59 Å². The van der Waals surface area contributed by atoms with Gasteiger partial charge in [0.1, 0.15) is 0 Å². The van der Waals surface area contributed by atoms with Crippen molar-refractivity contribution in [2.75, 3.05) is 7.11 Å². The molecule has 0 N–H and O–H groups in total. The Morgan fingerprint density at radius 2 is 2.00 bits per heavy atom. The summed E-state index contributed by atoms with van der Waals surface area (Å²) in [5.41, 5.74) is 1.35. The normalized spacial score (nSPS) is 14.8. The van der Waals surface area contributed by atoms with Gasteiger partial charge in [-0.05, 0) is 57.4 Å². The highest BCUT2D eigenvalue weighted by Crippen LogP contribution is 2.37. The molecule has 0 aliphatic carbocycles. The van der Waals surface area contributed by atoms with Gasteiger partial charge >= 0.3 is 11.9 Å². The van der Waals surface area contributed by atoms with Crippen LogP contribution in [0.3, 0.4) is 0 Å². The van der Waals surface area contributed by atoms with E-state index < -0.39 is 11.9 Å². The van der Waals surface area contributed by atoms with Gasteiger partial charge in [0.05, 0.1) is 21.6 Å². The van der Waals surface area contributed by atoms with Gasteiger partial charge in [-0.3, -0.25) is 4.79 Å². The molecule has 30 heavy (non-hydrogen) atoms. The molecule has 154 valence electrons. The maximum absolute atomic E-state index is 12.2. The predicted octanol–water partition coefficient (Wildman–Crippen LogP) is 5.70. The lowest BCUT2D eigenvalue weighted by Gasteiger charge is -2.11. The van der Waals surface area contributed by atoms with E-state index in [-0.39, 0.29) is 17.3 Å². The summed E-state index contributed by atoms with van der Waals surface area (Å²) in [7, 11) is 1.44. The van der Waals surface area contributed by atoms with Crippen molar-refractivity contribution in [3.05, 3.63) is 67.7 Å². The van der Waals surface area contributed by atoms with Gasteiger partial charge in [-0.25, -0.2) is 9.79 Å². The topological polar surface area (TPSA) is 74.2 Å². The van der Waals surface area contributed by atoms with Crippen LogP contribution in [-0.4, -0.2) is 24.9 Å². The number of rotatable bonds is 5. The van der Waals surface area contributed by atoms with Crippen molar-refractivity contribution < 1.29 is 23.8 Å². The Labute approximate surface area is 190 Å². The van der Waals surface area contributed by atoms with Crippen LogP contribution in [0.5, 0.6) is 11.5 Å². The Balaban J connectivity index is 1.88. The summed E-state index contributed by atoms with van der Waals surface area (Å²) in [4.78, 5) is 27.6. The van der Waals surface area contributed by atoms with Crippen LogP contribution in [0.4, 0.5) is 0 Å². The molecular formula is C21H14BrCl2NO5. The number of hydrogen-bond donors (Lipinski definition) is 0. The number of ether oxygens (including phenoxy) is 3. The summed E-state index contributed by atoms with van der Waals surface area (Å²) in [5, 5.41) is 0.808. The van der Waals surface area contributed by atoms with Crippen molar-refractivity contribution in [1.82, 2.24) is 0 Å². The van der Waals surface area contributed by atoms with Crippen molar-refractivity contribution in [2.45, 2.75) is 6.92 Å². The lowest BCUT2D eigenvalue weighted by molar-refractivity contribution is -0.132. The van der Waals surface area contributed by atoms with Gasteiger partial charge in [-0.2, -0.15) is 0 Å². The van der Waals surface area contributed by atoms with Crippen LogP contribution in [-0.2, 0) is 14.3 Å². The molecule has 0 saturated carbocycles. The van der Waals surface area contributed by atoms with E-state index in [4.69, 9.17) is 37.4 Å². The number of carbonyl (C=O) groups excluding carboxylic acids is 2. The molecule has 0 fully saturated rings. The Bertz CT molecular complexity index is 1120. The molecule has 2 aromatic rings. The zero-order valence-electron chi connectivity index (χ0n) is 15.7. The first-order chi connectivity index (χ1) is 14.3. The van der Waals surface area contributed by atoms with E-state index in [1.165, 1.54) is 26.2 Å². The summed E-state index contributed by atoms with van der Waals surface area (Å²) in [6.07, 6.45) is 4.70. The van der Waals surface area contributed by atoms with Gasteiger partial charge in [0, 0.05) is 13.0 Å². The average Bonchev–Trinajstić information content (AvgIpc) is 3.04. The Kier molecular flexibility index (Phi) is 6.97. The standard InChI is InChI=1S/C21H14BrCl2NO5/c1-11(26)29-20-14(22)8-12(10-17(20)28-2)9-16-21(27)30-18(25-16)7-6-13-4-3-5-15(23)19(13)24/h3-10H,1-2H3. The highest BCUT2D eigenvalue weighted by Gasteiger charge is 2.22. The fourth-order valence-electron chi connectivity index (χ4n) is 2.53. The average molecular weight is 511 g/mol. The summed E-state index contributed by atoms with van der Waals surface area (Å²) < 4.78 is 16.1. The number of aliphatic imine (C=N–C) groups is 1. The molecule has 6 nitrogen and oxygen atoms in total. The molecule has 3 rings (SSSR count). The summed E-state index contributed by atoms with van der Waals surface area (Å²) in [6.45, 7) is 1.29. The van der Waals surface area contributed by atoms with Crippen LogP contribution in [0.2, 0.25) is 10.0 Å². The van der Waals surface area contributed by atoms with Crippen LogP contribution < -0.4 is 9.47 Å². The maximum Gasteiger partial charge on any atom is 0.363 e. The first kappa shape index (κ1) is 22.1. The zero-order chi connectivity index (χ0) is 21.8. The van der Waals surface area contributed by atoms with Crippen molar-refractivity contribution in [3.8, 4) is 11.5 Å². The maximum atomic E-state index is 12.2. The predicted molar refractivity (Wildman–Crippen MR) is 119 cm³/mol. The Morgan fingerprint density at radius 1 is 1.23 bits per heavy atom. The number of nitrogens with zero attached hydrogens (tertiary/aromatic N) is 1. The number of esters is 2. The molecule has 0 aromatic heterocycles. The second-order valence-corrected chi connectivity index (χ2v) is 7.61. The lowest BCUT2D eigenvalue weighted by Crippen LogP contribution is -2.04. The minimum absolute atomic E-state index is 0.0982. The minimum atomic E-state index is -0.606. The van der Waals surface area contributed by atoms with Crippen LogP contribution in [0, 0.1) is 0 Å². The SMILES string of the molecule is COc1cc(C=C2N=C(C=Cc3cccc(Cl)c3Cl)OC2=O)cc(Br)c1OC(C)=O. The fraction of sp³-hybridized carbons (Fsp3) is 0.0952. The number of halogens is 3. The number of benzene rings is 2. The third-order valence-corrected chi connectivity index (χ3v) is 5.25. The first-order valence-electron chi connectivity index (χ1n) is 8.49. The van der Waals surface area contributed by atoms with E-state index in [1.807, 2.05) is 0 Å². The second-order valence-electron chi connectivity index (χ2n) is 5.97. The van der Waals surface area contributed by atoms with E-state index in [0.717, 1.165) is 0 Å². The third-order valence-electron chi connectivity index (χ3n) is 3.82. The highest BCUT2D eigenvalue weighted by atomic mass is 79.9. The van der Waals surface area contributed by atoms with Crippen molar-refractivity contribution in [3.63, 3.8) is 0 Å². The number of hydrogen-bond acceptors (Lipinski definition) is 6. The molecule has 0 unspecified atom stereocenters. The lowest BCUT2D eigenvalue weighted by atomic mass is 10.1. The van der Waals surface area contributed by atoms with Gasteiger partial charge in [-0.15, -0.1) is 0 Å². The van der Waals surface area contributed by atoms with Crippen molar-refractivity contribution in [1.29, 1.82) is 0 Å². The summed E-state index contributed by atoms with van der Waals surface area (Å²) in [6, 6.07) is 8.47. The van der Waals surface area contributed by atoms with E-state index in [2.05, 4.69) is 20.9 Å². The van der Waals surface area contributed by atoms with Gasteiger partial charge in [-0.1, -0.05) is 35.3 Å². The van der Waals surface area contributed by atoms with Gasteiger partial charge in [0.2, 0.25) is 5.90 Å². The van der Waals surface area contributed by atoms with Gasteiger partial charge in [0.15, 0.2) is 17.2 Å².